The van der Waals surface area contributed by atoms with Gasteiger partial charge in [0.25, 0.3) is 0 Å². The first-order valence-corrected chi connectivity index (χ1v) is 6.17. The summed E-state index contributed by atoms with van der Waals surface area (Å²) in [5.74, 6) is 1.50. The third kappa shape index (κ3) is 2.56. The van der Waals surface area contributed by atoms with Crippen LogP contribution in [0.25, 0.3) is 11.3 Å². The van der Waals surface area contributed by atoms with Gasteiger partial charge in [0, 0.05) is 22.9 Å². The van der Waals surface area contributed by atoms with Crippen LogP contribution in [0.1, 0.15) is 11.3 Å². The van der Waals surface area contributed by atoms with E-state index in [1.807, 2.05) is 25.1 Å². The Labute approximate surface area is 112 Å². The smallest absolute Gasteiger partial charge is 0.132 e. The average molecular weight is 261 g/mol. The Morgan fingerprint density at radius 2 is 2.05 bits per heavy atom. The van der Waals surface area contributed by atoms with E-state index in [-0.39, 0.29) is 0 Å². The van der Waals surface area contributed by atoms with E-state index in [9.17, 15) is 0 Å². The highest BCUT2D eigenvalue weighted by atomic mass is 16.5. The summed E-state index contributed by atoms with van der Waals surface area (Å²) in [5, 5.41) is 7.38. The molecule has 0 amide bonds. The van der Waals surface area contributed by atoms with Crippen molar-refractivity contribution in [2.75, 3.05) is 20.8 Å². The van der Waals surface area contributed by atoms with E-state index >= 15 is 0 Å². The molecule has 102 valence electrons. The Morgan fingerprint density at radius 3 is 2.68 bits per heavy atom. The van der Waals surface area contributed by atoms with Crippen LogP contribution >= 0.6 is 0 Å². The minimum absolute atomic E-state index is 0.589. The Bertz CT molecular complexity index is 564. The highest BCUT2D eigenvalue weighted by Gasteiger charge is 2.16. The van der Waals surface area contributed by atoms with E-state index in [2.05, 4.69) is 10.2 Å². The molecule has 0 aliphatic carbocycles. The summed E-state index contributed by atoms with van der Waals surface area (Å²) in [6.45, 7) is 2.59. The van der Waals surface area contributed by atoms with Crippen molar-refractivity contribution >= 4 is 0 Å². The van der Waals surface area contributed by atoms with E-state index in [0.29, 0.717) is 6.54 Å². The molecule has 0 aliphatic heterocycles. The first-order valence-electron chi connectivity index (χ1n) is 6.17. The topological polar surface area (TPSA) is 73.2 Å². The largest absolute Gasteiger partial charge is 0.497 e. The Balaban J connectivity index is 2.52. The second-order valence-corrected chi connectivity index (χ2v) is 4.28. The summed E-state index contributed by atoms with van der Waals surface area (Å²) in [6, 6.07) is 5.70. The minimum Gasteiger partial charge on any atom is -0.497 e. The van der Waals surface area contributed by atoms with E-state index in [4.69, 9.17) is 15.2 Å². The fourth-order valence-electron chi connectivity index (χ4n) is 2.12. The number of aryl methyl sites for hydroxylation is 1. The third-order valence-corrected chi connectivity index (χ3v) is 3.13. The van der Waals surface area contributed by atoms with Crippen LogP contribution in [0.3, 0.4) is 0 Å². The van der Waals surface area contributed by atoms with Crippen LogP contribution in [-0.4, -0.2) is 31.0 Å². The minimum atomic E-state index is 0.589. The van der Waals surface area contributed by atoms with Gasteiger partial charge in [0.15, 0.2) is 0 Å². The summed E-state index contributed by atoms with van der Waals surface area (Å²) in [7, 11) is 3.27. The molecule has 5 nitrogen and oxygen atoms in total. The lowest BCUT2D eigenvalue weighted by Gasteiger charge is -2.10. The number of nitrogens with one attached hydrogen (secondary N) is 1. The first kappa shape index (κ1) is 13.4. The maximum absolute atomic E-state index is 5.66. The third-order valence-electron chi connectivity index (χ3n) is 3.13. The van der Waals surface area contributed by atoms with Crippen molar-refractivity contribution in [1.82, 2.24) is 10.2 Å². The van der Waals surface area contributed by atoms with Crippen molar-refractivity contribution in [1.29, 1.82) is 0 Å². The van der Waals surface area contributed by atoms with Gasteiger partial charge in [-0.1, -0.05) is 0 Å². The van der Waals surface area contributed by atoms with Gasteiger partial charge in [-0.25, -0.2) is 0 Å². The number of benzene rings is 1. The lowest BCUT2D eigenvalue weighted by atomic mass is 10.0. The predicted octanol–water partition coefficient (Wildman–Crippen LogP) is 1.90. The van der Waals surface area contributed by atoms with Crippen LogP contribution in [0.2, 0.25) is 0 Å². The zero-order chi connectivity index (χ0) is 13.8. The van der Waals surface area contributed by atoms with Crippen molar-refractivity contribution < 1.29 is 9.47 Å². The van der Waals surface area contributed by atoms with Gasteiger partial charge in [0.05, 0.1) is 19.9 Å². The van der Waals surface area contributed by atoms with E-state index in [1.54, 1.807) is 14.2 Å². The van der Waals surface area contributed by atoms with E-state index < -0.39 is 0 Å². The molecule has 2 rings (SSSR count). The van der Waals surface area contributed by atoms with Crippen LogP contribution in [-0.2, 0) is 6.42 Å². The van der Waals surface area contributed by atoms with E-state index in [0.717, 1.165) is 40.4 Å². The summed E-state index contributed by atoms with van der Waals surface area (Å²) < 4.78 is 10.6. The molecule has 0 bridgehead atoms. The second-order valence-electron chi connectivity index (χ2n) is 4.28. The lowest BCUT2D eigenvalue weighted by molar-refractivity contribution is 0.395. The van der Waals surface area contributed by atoms with Crippen LogP contribution < -0.4 is 15.2 Å². The zero-order valence-corrected chi connectivity index (χ0v) is 11.5. The van der Waals surface area contributed by atoms with Crippen LogP contribution in [0.15, 0.2) is 18.2 Å². The number of hydrogen-bond donors (Lipinski definition) is 2. The molecular formula is C14H19N3O2. The number of aromatic amines is 1. The first-order chi connectivity index (χ1) is 9.21. The molecule has 0 aliphatic rings. The highest BCUT2D eigenvalue weighted by molar-refractivity contribution is 5.71. The molecule has 2 aromatic rings. The predicted molar refractivity (Wildman–Crippen MR) is 74.6 cm³/mol. The molecule has 0 saturated carbocycles. The number of nitrogens with zero attached hydrogens (tertiary/aromatic N) is 1. The normalized spacial score (nSPS) is 10.5. The molecule has 5 heteroatoms. The molecule has 0 spiro atoms. The molecule has 0 saturated heterocycles. The molecule has 0 fully saturated rings. The SMILES string of the molecule is COc1ccc(-c2n[nH]c(C)c2CCN)c(OC)c1. The lowest BCUT2D eigenvalue weighted by Crippen LogP contribution is -2.04. The van der Waals surface area contributed by atoms with Gasteiger partial charge in [-0.2, -0.15) is 5.10 Å². The maximum Gasteiger partial charge on any atom is 0.132 e. The number of methoxy groups -OCH3 is 2. The van der Waals surface area contributed by atoms with Crippen molar-refractivity contribution in [3.05, 3.63) is 29.5 Å². The molecule has 0 radical (unpaired) electrons. The zero-order valence-electron chi connectivity index (χ0n) is 11.5. The maximum atomic E-state index is 5.66. The number of hydrogen-bond acceptors (Lipinski definition) is 4. The Kier molecular flexibility index (Phi) is 4.06. The van der Waals surface area contributed by atoms with Crippen LogP contribution in [0.4, 0.5) is 0 Å². The fourth-order valence-corrected chi connectivity index (χ4v) is 2.12. The summed E-state index contributed by atoms with van der Waals surface area (Å²) >= 11 is 0. The molecule has 1 heterocycles. The van der Waals surface area contributed by atoms with Gasteiger partial charge in [-0.15, -0.1) is 0 Å². The van der Waals surface area contributed by atoms with Crippen molar-refractivity contribution in [3.63, 3.8) is 0 Å². The van der Waals surface area contributed by atoms with E-state index in [1.165, 1.54) is 0 Å². The van der Waals surface area contributed by atoms with Gasteiger partial charge in [-0.05, 0) is 32.0 Å². The Morgan fingerprint density at radius 1 is 1.26 bits per heavy atom. The van der Waals surface area contributed by atoms with Crippen molar-refractivity contribution in [3.8, 4) is 22.8 Å². The monoisotopic (exact) mass is 261 g/mol. The van der Waals surface area contributed by atoms with Crippen molar-refractivity contribution in [2.45, 2.75) is 13.3 Å². The molecule has 0 atom stereocenters. The molecule has 0 unspecified atom stereocenters. The van der Waals surface area contributed by atoms with Crippen LogP contribution in [0, 0.1) is 6.92 Å². The second kappa shape index (κ2) is 5.75. The standard InChI is InChI=1S/C14H19N3O2/c1-9-11(6-7-15)14(17-16-9)12-5-4-10(18-2)8-13(12)19-3/h4-5,8H,6-7,15H2,1-3H3,(H,16,17). The number of H-pyrrole nitrogens is 1. The summed E-state index contributed by atoms with van der Waals surface area (Å²) in [5.41, 5.74) is 9.66. The molecule has 1 aromatic carbocycles. The van der Waals surface area contributed by atoms with Gasteiger partial charge in [-0.3, -0.25) is 5.10 Å². The Hall–Kier alpha value is -2.01. The quantitative estimate of drug-likeness (QED) is 0.862. The van der Waals surface area contributed by atoms with Gasteiger partial charge in [0.1, 0.15) is 11.5 Å². The highest BCUT2D eigenvalue weighted by Crippen LogP contribution is 2.34. The number of aromatic nitrogens is 2. The fraction of sp³-hybridized carbons (Fsp3) is 0.357. The number of rotatable bonds is 5. The van der Waals surface area contributed by atoms with Gasteiger partial charge < -0.3 is 15.2 Å². The van der Waals surface area contributed by atoms with Crippen LogP contribution in [0.5, 0.6) is 11.5 Å². The number of ether oxygens (including phenoxy) is 2. The summed E-state index contributed by atoms with van der Waals surface area (Å²) in [6.07, 6.45) is 0.785. The molecule has 19 heavy (non-hydrogen) atoms. The van der Waals surface area contributed by atoms with Gasteiger partial charge in [0.2, 0.25) is 0 Å². The molecular weight excluding hydrogens is 242 g/mol. The molecule has 1 aromatic heterocycles. The number of nitrogens with two attached hydrogens (primary N) is 1. The van der Waals surface area contributed by atoms with Gasteiger partial charge >= 0.3 is 0 Å². The average Bonchev–Trinajstić information content (AvgIpc) is 2.80. The van der Waals surface area contributed by atoms with Crippen molar-refractivity contribution in [2.24, 2.45) is 5.73 Å². The summed E-state index contributed by atoms with van der Waals surface area (Å²) in [4.78, 5) is 0. The molecule has 3 N–H and O–H groups in total.